The van der Waals surface area contributed by atoms with Gasteiger partial charge in [-0.25, -0.2) is 0 Å². The largest absolute Gasteiger partial charge is 0.385 e. The van der Waals surface area contributed by atoms with Crippen LogP contribution in [-0.2, 0) is 9.57 Å². The molecule has 1 heterocycles. The van der Waals surface area contributed by atoms with Gasteiger partial charge in [0, 0.05) is 20.2 Å². The van der Waals surface area contributed by atoms with Crippen LogP contribution in [0, 0.1) is 0 Å². The molecule has 4 heteroatoms. The summed E-state index contributed by atoms with van der Waals surface area (Å²) >= 11 is 0. The normalized spacial score (nSPS) is 24.2. The van der Waals surface area contributed by atoms with Crippen LogP contribution in [0.1, 0.15) is 0 Å². The van der Waals surface area contributed by atoms with Gasteiger partial charge in [-0.15, -0.1) is 0 Å². The maximum absolute atomic E-state index is 5.36. The van der Waals surface area contributed by atoms with Gasteiger partial charge < -0.3 is 10.1 Å². The zero-order valence-electron chi connectivity index (χ0n) is 7.45. The first kappa shape index (κ1) is 9.51. The lowest BCUT2D eigenvalue weighted by atomic mass is 10.3. The monoisotopic (exact) mass is 172 g/mol. The Hall–Kier alpha value is -0.580. The third-order valence-electron chi connectivity index (χ3n) is 1.78. The Morgan fingerprint density at radius 2 is 2.67 bits per heavy atom. The van der Waals surface area contributed by atoms with Crippen LogP contribution in [0.2, 0.25) is 0 Å². The van der Waals surface area contributed by atoms with Crippen LogP contribution < -0.4 is 5.32 Å². The predicted octanol–water partition coefficient (Wildman–Crippen LogP) is -0.0183. The number of hydrogen-bond donors (Lipinski definition) is 1. The predicted molar refractivity (Wildman–Crippen MR) is 46.5 cm³/mol. The van der Waals surface area contributed by atoms with Crippen molar-refractivity contribution >= 4 is 0 Å². The van der Waals surface area contributed by atoms with E-state index >= 15 is 0 Å². The number of ether oxygens (including phenoxy) is 1. The van der Waals surface area contributed by atoms with E-state index in [9.17, 15) is 0 Å². The first-order valence-corrected chi connectivity index (χ1v) is 4.10. The van der Waals surface area contributed by atoms with E-state index in [0.29, 0.717) is 12.6 Å². The second-order valence-electron chi connectivity index (χ2n) is 2.74. The second-order valence-corrected chi connectivity index (χ2v) is 2.74. The highest BCUT2D eigenvalue weighted by Crippen LogP contribution is 2.04. The Morgan fingerprint density at radius 1 is 1.83 bits per heavy atom. The van der Waals surface area contributed by atoms with E-state index in [1.165, 1.54) is 0 Å². The van der Waals surface area contributed by atoms with Crippen LogP contribution in [0.4, 0.5) is 0 Å². The minimum atomic E-state index is 0.374. The van der Waals surface area contributed by atoms with Crippen molar-refractivity contribution in [2.45, 2.75) is 6.04 Å². The van der Waals surface area contributed by atoms with Crippen LogP contribution in [0.15, 0.2) is 12.8 Å². The molecule has 1 saturated heterocycles. The standard InChI is InChI=1S/C8H16N2O2/c1-3-9-8-6-10(12-7-8)4-5-11-2/h3,8-9H,1,4-7H2,2H3/t8-/m1/s1. The first-order valence-electron chi connectivity index (χ1n) is 4.10. The highest BCUT2D eigenvalue weighted by Gasteiger charge is 2.21. The van der Waals surface area contributed by atoms with Gasteiger partial charge >= 0.3 is 0 Å². The Bertz CT molecular complexity index is 141. The molecule has 0 aromatic heterocycles. The van der Waals surface area contributed by atoms with Crippen molar-refractivity contribution in [3.63, 3.8) is 0 Å². The van der Waals surface area contributed by atoms with Crippen molar-refractivity contribution in [2.24, 2.45) is 0 Å². The molecule has 70 valence electrons. The molecule has 0 aromatic carbocycles. The lowest BCUT2D eigenvalue weighted by Crippen LogP contribution is -2.31. The molecule has 0 amide bonds. The van der Waals surface area contributed by atoms with Crippen LogP contribution in [0.25, 0.3) is 0 Å². The van der Waals surface area contributed by atoms with Crippen molar-refractivity contribution in [3.05, 3.63) is 12.8 Å². The Labute approximate surface area is 73.1 Å². The van der Waals surface area contributed by atoms with Crippen molar-refractivity contribution in [1.29, 1.82) is 0 Å². The van der Waals surface area contributed by atoms with Gasteiger partial charge in [-0.05, 0) is 6.20 Å². The molecule has 12 heavy (non-hydrogen) atoms. The molecule has 0 bridgehead atoms. The topological polar surface area (TPSA) is 33.7 Å². The van der Waals surface area contributed by atoms with E-state index in [2.05, 4.69) is 11.9 Å². The third kappa shape index (κ3) is 2.81. The molecule has 4 nitrogen and oxygen atoms in total. The molecular formula is C8H16N2O2. The van der Waals surface area contributed by atoms with Crippen LogP contribution in [0.3, 0.4) is 0 Å². The van der Waals surface area contributed by atoms with Gasteiger partial charge in [0.25, 0.3) is 0 Å². The molecule has 1 aliphatic heterocycles. The molecule has 1 N–H and O–H groups in total. The molecule has 0 aliphatic carbocycles. The summed E-state index contributed by atoms with van der Waals surface area (Å²) in [5, 5.41) is 5.01. The van der Waals surface area contributed by atoms with Gasteiger partial charge in [0.2, 0.25) is 0 Å². The minimum Gasteiger partial charge on any atom is -0.385 e. The highest BCUT2D eigenvalue weighted by molar-refractivity contribution is 4.78. The Balaban J connectivity index is 2.12. The summed E-state index contributed by atoms with van der Waals surface area (Å²) in [5.41, 5.74) is 0. The molecule has 0 aromatic rings. The summed E-state index contributed by atoms with van der Waals surface area (Å²) in [6.45, 7) is 6.75. The van der Waals surface area contributed by atoms with Gasteiger partial charge in [0.1, 0.15) is 0 Å². The smallest absolute Gasteiger partial charge is 0.0899 e. The summed E-state index contributed by atoms with van der Waals surface area (Å²) in [6, 6.07) is 0.374. The van der Waals surface area contributed by atoms with E-state index in [1.807, 2.05) is 5.06 Å². The lowest BCUT2D eigenvalue weighted by molar-refractivity contribution is -0.118. The zero-order valence-corrected chi connectivity index (χ0v) is 7.45. The number of hydroxylamine groups is 2. The summed E-state index contributed by atoms with van der Waals surface area (Å²) in [4.78, 5) is 5.36. The summed E-state index contributed by atoms with van der Waals surface area (Å²) in [7, 11) is 1.69. The maximum Gasteiger partial charge on any atom is 0.0899 e. The number of nitrogens with zero attached hydrogens (tertiary/aromatic N) is 1. The summed E-state index contributed by atoms with van der Waals surface area (Å²) in [6.07, 6.45) is 1.70. The number of hydrogen-bond acceptors (Lipinski definition) is 4. The van der Waals surface area contributed by atoms with E-state index in [-0.39, 0.29) is 0 Å². The fraction of sp³-hybridized carbons (Fsp3) is 0.750. The molecule has 0 saturated carbocycles. The number of methoxy groups -OCH3 is 1. The molecule has 0 spiro atoms. The maximum atomic E-state index is 5.36. The minimum absolute atomic E-state index is 0.374. The van der Waals surface area contributed by atoms with Crippen LogP contribution in [0.5, 0.6) is 0 Å². The molecule has 0 radical (unpaired) electrons. The molecular weight excluding hydrogens is 156 g/mol. The first-order chi connectivity index (χ1) is 5.86. The molecule has 1 aliphatic rings. The number of rotatable bonds is 5. The van der Waals surface area contributed by atoms with Crippen molar-refractivity contribution in [3.8, 4) is 0 Å². The van der Waals surface area contributed by atoms with Crippen molar-refractivity contribution < 1.29 is 9.57 Å². The van der Waals surface area contributed by atoms with Gasteiger partial charge in [-0.3, -0.25) is 4.84 Å². The molecule has 1 atom stereocenters. The van der Waals surface area contributed by atoms with Gasteiger partial charge in [0.15, 0.2) is 0 Å². The summed E-state index contributed by atoms with van der Waals surface area (Å²) < 4.78 is 4.94. The average Bonchev–Trinajstić information content (AvgIpc) is 2.50. The second kappa shape index (κ2) is 5.13. The summed E-state index contributed by atoms with van der Waals surface area (Å²) in [5.74, 6) is 0. The fourth-order valence-electron chi connectivity index (χ4n) is 1.16. The van der Waals surface area contributed by atoms with E-state index < -0.39 is 0 Å². The number of nitrogens with one attached hydrogen (secondary N) is 1. The van der Waals surface area contributed by atoms with Crippen molar-refractivity contribution in [1.82, 2.24) is 10.4 Å². The molecule has 1 fully saturated rings. The molecule has 1 rings (SSSR count). The lowest BCUT2D eigenvalue weighted by Gasteiger charge is -2.12. The average molecular weight is 172 g/mol. The van der Waals surface area contributed by atoms with E-state index in [1.54, 1.807) is 13.3 Å². The Morgan fingerprint density at radius 3 is 3.33 bits per heavy atom. The van der Waals surface area contributed by atoms with E-state index in [0.717, 1.165) is 19.7 Å². The SMILES string of the molecule is C=CN[C@H]1CON(CCOC)C1. The Kier molecular flexibility index (Phi) is 4.07. The highest BCUT2D eigenvalue weighted by atomic mass is 16.7. The van der Waals surface area contributed by atoms with Gasteiger partial charge in [-0.1, -0.05) is 6.58 Å². The third-order valence-corrected chi connectivity index (χ3v) is 1.78. The van der Waals surface area contributed by atoms with Crippen LogP contribution >= 0.6 is 0 Å². The van der Waals surface area contributed by atoms with Gasteiger partial charge in [0.05, 0.1) is 19.3 Å². The zero-order chi connectivity index (χ0) is 8.81. The fourth-order valence-corrected chi connectivity index (χ4v) is 1.16. The van der Waals surface area contributed by atoms with Crippen molar-refractivity contribution in [2.75, 3.05) is 33.4 Å². The van der Waals surface area contributed by atoms with Gasteiger partial charge in [-0.2, -0.15) is 5.06 Å². The van der Waals surface area contributed by atoms with Crippen LogP contribution in [-0.4, -0.2) is 44.5 Å². The quantitative estimate of drug-likeness (QED) is 0.632. The van der Waals surface area contributed by atoms with E-state index in [4.69, 9.17) is 9.57 Å². The molecule has 0 unspecified atom stereocenters.